The Hall–Kier alpha value is -4.10. The third-order valence-corrected chi connectivity index (χ3v) is 4.72. The number of hydrogen-bond acceptors (Lipinski definition) is 4. The molecule has 0 aliphatic rings. The van der Waals surface area contributed by atoms with Crippen LogP contribution in [0.15, 0.2) is 89.4 Å². The summed E-state index contributed by atoms with van der Waals surface area (Å²) in [6.45, 7) is 2.24. The van der Waals surface area contributed by atoms with Gasteiger partial charge in [0.05, 0.1) is 6.07 Å². The van der Waals surface area contributed by atoms with Gasteiger partial charge in [0.25, 0.3) is 0 Å². The lowest BCUT2D eigenvalue weighted by Crippen LogP contribution is -1.97. The standard InChI is InChI=1S/C26H20N2O2/c1-19-25(18-29-24-14-10-20(11-15-24)7-3-2-6-16-27)28-26(30-19)23-13-12-21-8-4-5-9-22(21)17-23/h2-15,17H,18H2,1H3. The maximum absolute atomic E-state index is 8.48. The molecule has 0 bridgehead atoms. The van der Waals surface area contributed by atoms with E-state index in [0.29, 0.717) is 12.5 Å². The lowest BCUT2D eigenvalue weighted by Gasteiger charge is -2.04. The first-order valence-electron chi connectivity index (χ1n) is 9.64. The summed E-state index contributed by atoms with van der Waals surface area (Å²) in [6, 6.07) is 24.1. The Morgan fingerprint density at radius 3 is 2.60 bits per heavy atom. The lowest BCUT2D eigenvalue weighted by atomic mass is 10.1. The van der Waals surface area contributed by atoms with Gasteiger partial charge in [0.15, 0.2) is 0 Å². The Morgan fingerprint density at radius 2 is 1.80 bits per heavy atom. The molecular formula is C26H20N2O2. The molecule has 0 unspecified atom stereocenters. The number of fused-ring (bicyclic) bond motifs is 1. The molecule has 0 aliphatic heterocycles. The number of aryl methyl sites for hydroxylation is 1. The summed E-state index contributed by atoms with van der Waals surface area (Å²) < 4.78 is 11.8. The predicted octanol–water partition coefficient (Wildman–Crippen LogP) is 6.48. The van der Waals surface area contributed by atoms with Gasteiger partial charge < -0.3 is 9.15 Å². The minimum absolute atomic E-state index is 0.336. The highest BCUT2D eigenvalue weighted by Gasteiger charge is 2.12. The number of benzene rings is 3. The van der Waals surface area contributed by atoms with E-state index in [1.165, 1.54) is 11.5 Å². The van der Waals surface area contributed by atoms with E-state index in [-0.39, 0.29) is 0 Å². The van der Waals surface area contributed by atoms with E-state index in [9.17, 15) is 0 Å². The van der Waals surface area contributed by atoms with Gasteiger partial charge in [-0.3, -0.25) is 0 Å². The normalized spacial score (nSPS) is 11.3. The van der Waals surface area contributed by atoms with Crippen LogP contribution in [0.1, 0.15) is 17.0 Å². The maximum Gasteiger partial charge on any atom is 0.226 e. The van der Waals surface area contributed by atoms with E-state index in [0.717, 1.165) is 33.7 Å². The third-order valence-electron chi connectivity index (χ3n) is 4.72. The van der Waals surface area contributed by atoms with Crippen molar-refractivity contribution in [3.8, 4) is 23.3 Å². The Labute approximate surface area is 175 Å². The number of aromatic nitrogens is 1. The van der Waals surface area contributed by atoms with Crippen LogP contribution in [0.25, 0.3) is 28.3 Å². The molecule has 0 fully saturated rings. The monoisotopic (exact) mass is 392 g/mol. The molecule has 146 valence electrons. The van der Waals surface area contributed by atoms with Gasteiger partial charge in [-0.15, -0.1) is 0 Å². The minimum atomic E-state index is 0.336. The van der Waals surface area contributed by atoms with E-state index in [2.05, 4.69) is 29.2 Å². The quantitative estimate of drug-likeness (QED) is 0.278. The largest absolute Gasteiger partial charge is 0.487 e. The van der Waals surface area contributed by atoms with Gasteiger partial charge in [-0.05, 0) is 47.5 Å². The van der Waals surface area contributed by atoms with Gasteiger partial charge in [-0.2, -0.15) is 5.26 Å². The Morgan fingerprint density at radius 1 is 1.00 bits per heavy atom. The van der Waals surface area contributed by atoms with Gasteiger partial charge in [-0.1, -0.05) is 60.7 Å². The SMILES string of the molecule is Cc1oc(-c2ccc3ccccc3c2)nc1COc1ccc(C=CC=CC#N)cc1. The molecule has 4 aromatic rings. The molecule has 0 aliphatic carbocycles. The Bertz CT molecular complexity index is 1260. The molecule has 3 aromatic carbocycles. The number of nitrogens with zero attached hydrogens (tertiary/aromatic N) is 2. The molecule has 30 heavy (non-hydrogen) atoms. The number of allylic oxidation sites excluding steroid dienone is 3. The molecule has 0 N–H and O–H groups in total. The molecule has 1 aromatic heterocycles. The van der Waals surface area contributed by atoms with Gasteiger partial charge >= 0.3 is 0 Å². The molecule has 0 saturated carbocycles. The van der Waals surface area contributed by atoms with Crippen LogP contribution in [-0.4, -0.2) is 4.98 Å². The number of hydrogen-bond donors (Lipinski definition) is 0. The second-order valence-corrected chi connectivity index (χ2v) is 6.79. The summed E-state index contributed by atoms with van der Waals surface area (Å²) in [5, 5.41) is 10.8. The molecule has 0 saturated heterocycles. The number of oxazole rings is 1. The van der Waals surface area contributed by atoms with Crippen LogP contribution in [0.5, 0.6) is 5.75 Å². The lowest BCUT2D eigenvalue weighted by molar-refractivity contribution is 0.299. The second kappa shape index (κ2) is 8.93. The summed E-state index contributed by atoms with van der Waals surface area (Å²) in [5.74, 6) is 2.11. The van der Waals surface area contributed by atoms with Crippen LogP contribution in [0, 0.1) is 18.3 Å². The maximum atomic E-state index is 8.48. The molecule has 0 atom stereocenters. The van der Waals surface area contributed by atoms with Crippen molar-refractivity contribution in [1.29, 1.82) is 5.26 Å². The Balaban J connectivity index is 1.44. The van der Waals surface area contributed by atoms with Crippen LogP contribution < -0.4 is 4.74 Å². The highest BCUT2D eigenvalue weighted by molar-refractivity contribution is 5.86. The van der Waals surface area contributed by atoms with Crippen molar-refractivity contribution in [3.05, 3.63) is 102 Å². The van der Waals surface area contributed by atoms with Gasteiger partial charge in [0.2, 0.25) is 5.89 Å². The molecule has 0 spiro atoms. The van der Waals surface area contributed by atoms with E-state index in [1.807, 2.05) is 67.6 Å². The fraction of sp³-hybridized carbons (Fsp3) is 0.0769. The van der Waals surface area contributed by atoms with Crippen molar-refractivity contribution in [2.24, 2.45) is 0 Å². The second-order valence-electron chi connectivity index (χ2n) is 6.79. The zero-order chi connectivity index (χ0) is 20.8. The zero-order valence-corrected chi connectivity index (χ0v) is 16.6. The third kappa shape index (κ3) is 4.48. The average Bonchev–Trinajstić information content (AvgIpc) is 3.16. The van der Waals surface area contributed by atoms with E-state index in [1.54, 1.807) is 6.08 Å². The topological polar surface area (TPSA) is 59.1 Å². The van der Waals surface area contributed by atoms with E-state index < -0.39 is 0 Å². The highest BCUT2D eigenvalue weighted by atomic mass is 16.5. The van der Waals surface area contributed by atoms with Crippen molar-refractivity contribution < 1.29 is 9.15 Å². The number of rotatable bonds is 6. The van der Waals surface area contributed by atoms with Gasteiger partial charge in [0.1, 0.15) is 23.8 Å². The molecular weight excluding hydrogens is 372 g/mol. The van der Waals surface area contributed by atoms with Crippen LogP contribution in [0.3, 0.4) is 0 Å². The average molecular weight is 392 g/mol. The smallest absolute Gasteiger partial charge is 0.226 e. The first-order chi connectivity index (χ1) is 14.7. The molecule has 1 heterocycles. The van der Waals surface area contributed by atoms with Gasteiger partial charge in [-0.25, -0.2) is 4.98 Å². The first kappa shape index (κ1) is 19.2. The number of ether oxygens (including phenoxy) is 1. The molecule has 4 heteroatoms. The first-order valence-corrected chi connectivity index (χ1v) is 9.64. The number of nitriles is 1. The van der Waals surface area contributed by atoms with Crippen molar-refractivity contribution in [2.75, 3.05) is 0 Å². The minimum Gasteiger partial charge on any atom is -0.487 e. The predicted molar refractivity (Wildman–Crippen MR) is 119 cm³/mol. The van der Waals surface area contributed by atoms with Gasteiger partial charge in [0, 0.05) is 11.6 Å². The highest BCUT2D eigenvalue weighted by Crippen LogP contribution is 2.26. The van der Waals surface area contributed by atoms with Crippen molar-refractivity contribution in [3.63, 3.8) is 0 Å². The van der Waals surface area contributed by atoms with Crippen LogP contribution in [0.4, 0.5) is 0 Å². The van der Waals surface area contributed by atoms with Crippen molar-refractivity contribution in [2.45, 2.75) is 13.5 Å². The summed E-state index contributed by atoms with van der Waals surface area (Å²) in [7, 11) is 0. The van der Waals surface area contributed by atoms with E-state index >= 15 is 0 Å². The molecule has 0 radical (unpaired) electrons. The summed E-state index contributed by atoms with van der Waals surface area (Å²) in [5.41, 5.74) is 2.76. The fourth-order valence-corrected chi connectivity index (χ4v) is 3.10. The fourth-order valence-electron chi connectivity index (χ4n) is 3.10. The van der Waals surface area contributed by atoms with Crippen molar-refractivity contribution >= 4 is 16.8 Å². The molecule has 0 amide bonds. The van der Waals surface area contributed by atoms with Crippen LogP contribution in [-0.2, 0) is 6.61 Å². The summed E-state index contributed by atoms with van der Waals surface area (Å²) in [6.07, 6.45) is 6.88. The molecule has 4 nitrogen and oxygen atoms in total. The Kier molecular flexibility index (Phi) is 5.73. The van der Waals surface area contributed by atoms with Crippen LogP contribution in [0.2, 0.25) is 0 Å². The van der Waals surface area contributed by atoms with E-state index in [4.69, 9.17) is 14.4 Å². The zero-order valence-electron chi connectivity index (χ0n) is 16.6. The summed E-state index contributed by atoms with van der Waals surface area (Å²) >= 11 is 0. The van der Waals surface area contributed by atoms with Crippen LogP contribution >= 0.6 is 0 Å². The molecule has 4 rings (SSSR count). The summed E-state index contributed by atoms with van der Waals surface area (Å²) in [4.78, 5) is 4.64. The van der Waals surface area contributed by atoms with Crippen molar-refractivity contribution in [1.82, 2.24) is 4.98 Å².